The van der Waals surface area contributed by atoms with Gasteiger partial charge in [-0.15, -0.1) is 35.3 Å². The Morgan fingerprint density at radius 2 is 2.00 bits per heavy atom. The summed E-state index contributed by atoms with van der Waals surface area (Å²) < 4.78 is 0. The van der Waals surface area contributed by atoms with Gasteiger partial charge in [0.1, 0.15) is 0 Å². The van der Waals surface area contributed by atoms with Crippen molar-refractivity contribution in [2.45, 2.75) is 51.1 Å². The second-order valence-corrected chi connectivity index (χ2v) is 9.26. The number of carbonyl (C=O) groups is 2. The molecule has 1 saturated carbocycles. The summed E-state index contributed by atoms with van der Waals surface area (Å²) in [7, 11) is 1.72. The second-order valence-electron chi connectivity index (χ2n) is 8.26. The first-order valence-electron chi connectivity index (χ1n) is 10.7. The summed E-state index contributed by atoms with van der Waals surface area (Å²) in [5.41, 5.74) is 1.27. The molecule has 2 fully saturated rings. The molecule has 1 unspecified atom stereocenters. The van der Waals surface area contributed by atoms with Crippen molar-refractivity contribution in [2.24, 2.45) is 10.9 Å². The molecule has 1 aromatic rings. The lowest BCUT2D eigenvalue weighted by molar-refractivity contribution is -0.134. The van der Waals surface area contributed by atoms with E-state index in [2.05, 4.69) is 27.1 Å². The number of amides is 2. The average molecular weight is 545 g/mol. The molecule has 2 amide bonds. The van der Waals surface area contributed by atoms with E-state index in [-0.39, 0.29) is 48.4 Å². The highest BCUT2D eigenvalue weighted by atomic mass is 127. The first-order valence-corrected chi connectivity index (χ1v) is 11.6. The third kappa shape index (κ3) is 5.46. The molecule has 0 aromatic carbocycles. The number of nitrogens with zero attached hydrogens (tertiary/aromatic N) is 3. The number of guanidine groups is 1. The standard InChI is InChI=1S/C21H31N5O2S.HI/c1-22-21(23-12-19(27)25-10-7-18-16(13-25)8-11-29-18)24-17-6-9-26(14-17)20(28)15-4-2-3-5-15;/h8,11,15,17H,2-7,9-10,12-14H2,1H3,(H2,22,23,24);1H. The number of rotatable bonds is 4. The zero-order valence-corrected chi connectivity index (χ0v) is 20.7. The Bertz CT molecular complexity index is 777. The number of carbonyl (C=O) groups excluding carboxylic acids is 2. The zero-order chi connectivity index (χ0) is 20.2. The fourth-order valence-electron chi connectivity index (χ4n) is 4.63. The average Bonchev–Trinajstić information content (AvgIpc) is 3.51. The highest BCUT2D eigenvalue weighted by Gasteiger charge is 2.32. The Labute approximate surface area is 199 Å². The highest BCUT2D eigenvalue weighted by Crippen LogP contribution is 2.28. The van der Waals surface area contributed by atoms with E-state index >= 15 is 0 Å². The summed E-state index contributed by atoms with van der Waals surface area (Å²) in [6, 6.07) is 2.30. The van der Waals surface area contributed by atoms with Crippen LogP contribution in [0, 0.1) is 5.92 Å². The Hall–Kier alpha value is -1.36. The normalized spacial score (nSPS) is 21.9. The molecular formula is C21H32IN5O2S. The minimum absolute atomic E-state index is 0. The third-order valence-electron chi connectivity index (χ3n) is 6.34. The van der Waals surface area contributed by atoms with E-state index in [1.54, 1.807) is 18.4 Å². The summed E-state index contributed by atoms with van der Waals surface area (Å²) >= 11 is 1.78. The molecule has 166 valence electrons. The van der Waals surface area contributed by atoms with Crippen molar-refractivity contribution in [3.05, 3.63) is 21.9 Å². The van der Waals surface area contributed by atoms with E-state index in [1.807, 2.05) is 9.80 Å². The van der Waals surface area contributed by atoms with Crippen LogP contribution in [0.4, 0.5) is 0 Å². The summed E-state index contributed by atoms with van der Waals surface area (Å²) in [6.07, 6.45) is 6.31. The van der Waals surface area contributed by atoms with Crippen molar-refractivity contribution < 1.29 is 9.59 Å². The number of aliphatic imine (C=N–C) groups is 1. The predicted molar refractivity (Wildman–Crippen MR) is 130 cm³/mol. The third-order valence-corrected chi connectivity index (χ3v) is 7.36. The minimum Gasteiger partial charge on any atom is -0.352 e. The summed E-state index contributed by atoms with van der Waals surface area (Å²) in [4.78, 5) is 34.8. The van der Waals surface area contributed by atoms with Gasteiger partial charge in [-0.3, -0.25) is 14.6 Å². The van der Waals surface area contributed by atoms with E-state index < -0.39 is 0 Å². The smallest absolute Gasteiger partial charge is 0.242 e. The van der Waals surface area contributed by atoms with Crippen molar-refractivity contribution in [1.29, 1.82) is 0 Å². The number of likely N-dealkylation sites (tertiary alicyclic amines) is 1. The van der Waals surface area contributed by atoms with E-state index in [9.17, 15) is 9.59 Å². The lowest BCUT2D eigenvalue weighted by Gasteiger charge is -2.27. The fraction of sp³-hybridized carbons (Fsp3) is 0.667. The van der Waals surface area contributed by atoms with Crippen molar-refractivity contribution >= 4 is 53.1 Å². The summed E-state index contributed by atoms with van der Waals surface area (Å²) in [5.74, 6) is 1.28. The Morgan fingerprint density at radius 1 is 1.20 bits per heavy atom. The maximum absolute atomic E-state index is 12.6. The summed E-state index contributed by atoms with van der Waals surface area (Å²) in [5, 5.41) is 8.65. The largest absolute Gasteiger partial charge is 0.352 e. The molecular weight excluding hydrogens is 513 g/mol. The van der Waals surface area contributed by atoms with Crippen molar-refractivity contribution in [1.82, 2.24) is 20.4 Å². The molecule has 9 heteroatoms. The number of halogens is 1. The Kier molecular flexibility index (Phi) is 8.38. The van der Waals surface area contributed by atoms with Gasteiger partial charge in [-0.2, -0.15) is 0 Å². The van der Waals surface area contributed by atoms with Gasteiger partial charge in [-0.25, -0.2) is 0 Å². The topological polar surface area (TPSA) is 77.0 Å². The molecule has 0 spiro atoms. The van der Waals surface area contributed by atoms with Gasteiger partial charge in [0.05, 0.1) is 6.54 Å². The van der Waals surface area contributed by atoms with Gasteiger partial charge in [0.25, 0.3) is 0 Å². The van der Waals surface area contributed by atoms with Crippen molar-refractivity contribution in [3.63, 3.8) is 0 Å². The Balaban J connectivity index is 0.00000256. The SMILES string of the molecule is CN=C(NCC(=O)N1CCc2sccc2C1)NC1CCN(C(=O)C2CCCC2)C1.I. The van der Waals surface area contributed by atoms with Crippen LogP contribution in [0.15, 0.2) is 16.4 Å². The first kappa shape index (κ1) is 23.3. The number of hydrogen-bond donors (Lipinski definition) is 2. The van der Waals surface area contributed by atoms with Gasteiger partial charge in [0.2, 0.25) is 11.8 Å². The van der Waals surface area contributed by atoms with E-state index in [0.717, 1.165) is 45.3 Å². The van der Waals surface area contributed by atoms with Crippen LogP contribution >= 0.6 is 35.3 Å². The molecule has 1 aromatic heterocycles. The predicted octanol–water partition coefficient (Wildman–Crippen LogP) is 2.21. The number of thiophene rings is 1. The molecule has 0 radical (unpaired) electrons. The second kappa shape index (κ2) is 10.8. The van der Waals surface area contributed by atoms with E-state index in [0.29, 0.717) is 18.4 Å². The maximum atomic E-state index is 12.6. The zero-order valence-electron chi connectivity index (χ0n) is 17.6. The molecule has 1 atom stereocenters. The lowest BCUT2D eigenvalue weighted by Crippen LogP contribution is -2.49. The molecule has 1 aliphatic carbocycles. The molecule has 3 heterocycles. The van der Waals surface area contributed by atoms with Crippen LogP contribution in [0.2, 0.25) is 0 Å². The van der Waals surface area contributed by atoms with E-state index in [1.165, 1.54) is 23.3 Å². The lowest BCUT2D eigenvalue weighted by atomic mass is 10.1. The van der Waals surface area contributed by atoms with Crippen LogP contribution in [-0.4, -0.2) is 66.8 Å². The molecule has 2 aliphatic heterocycles. The van der Waals surface area contributed by atoms with E-state index in [4.69, 9.17) is 0 Å². The molecule has 3 aliphatic rings. The molecule has 30 heavy (non-hydrogen) atoms. The van der Waals surface area contributed by atoms with Gasteiger partial charge >= 0.3 is 0 Å². The molecule has 4 rings (SSSR count). The van der Waals surface area contributed by atoms with Crippen LogP contribution in [-0.2, 0) is 22.6 Å². The first-order chi connectivity index (χ1) is 14.1. The fourth-order valence-corrected chi connectivity index (χ4v) is 5.52. The van der Waals surface area contributed by atoms with Crippen LogP contribution < -0.4 is 10.6 Å². The number of nitrogens with one attached hydrogen (secondary N) is 2. The van der Waals surface area contributed by atoms with Crippen molar-refractivity contribution in [3.8, 4) is 0 Å². The minimum atomic E-state index is 0. The van der Waals surface area contributed by atoms with Gasteiger partial charge in [0, 0.05) is 50.1 Å². The number of hydrogen-bond acceptors (Lipinski definition) is 4. The van der Waals surface area contributed by atoms with Crippen LogP contribution in [0.25, 0.3) is 0 Å². The molecule has 7 nitrogen and oxygen atoms in total. The van der Waals surface area contributed by atoms with Gasteiger partial charge in [0.15, 0.2) is 5.96 Å². The molecule has 0 bridgehead atoms. The monoisotopic (exact) mass is 545 g/mol. The van der Waals surface area contributed by atoms with Gasteiger partial charge in [-0.1, -0.05) is 12.8 Å². The van der Waals surface area contributed by atoms with Crippen LogP contribution in [0.3, 0.4) is 0 Å². The van der Waals surface area contributed by atoms with Gasteiger partial charge in [-0.05, 0) is 42.7 Å². The summed E-state index contributed by atoms with van der Waals surface area (Å²) in [6.45, 7) is 3.24. The quantitative estimate of drug-likeness (QED) is 0.346. The van der Waals surface area contributed by atoms with Crippen LogP contribution in [0.5, 0.6) is 0 Å². The Morgan fingerprint density at radius 3 is 2.77 bits per heavy atom. The molecule has 1 saturated heterocycles. The highest BCUT2D eigenvalue weighted by molar-refractivity contribution is 14.0. The number of fused-ring (bicyclic) bond motifs is 1. The molecule has 2 N–H and O–H groups in total. The van der Waals surface area contributed by atoms with Crippen LogP contribution in [0.1, 0.15) is 42.5 Å². The maximum Gasteiger partial charge on any atom is 0.242 e. The van der Waals surface area contributed by atoms with Crippen molar-refractivity contribution in [2.75, 3.05) is 33.2 Å². The van der Waals surface area contributed by atoms with Gasteiger partial charge < -0.3 is 20.4 Å².